The first-order valence-corrected chi connectivity index (χ1v) is 9.18. The van der Waals surface area contributed by atoms with Gasteiger partial charge >= 0.3 is 0 Å². The van der Waals surface area contributed by atoms with Crippen LogP contribution in [0.2, 0.25) is 0 Å². The highest BCUT2D eigenvalue weighted by Crippen LogP contribution is 2.25. The maximum Gasteiger partial charge on any atom is 0.191 e. The van der Waals surface area contributed by atoms with Gasteiger partial charge in [-0.05, 0) is 50.5 Å². The first-order chi connectivity index (χ1) is 10.6. The molecule has 0 aromatic carbocycles. The molecule has 2 unspecified atom stereocenters. The molecule has 1 fully saturated rings. The van der Waals surface area contributed by atoms with Crippen LogP contribution in [0.15, 0.2) is 22.5 Å². The van der Waals surface area contributed by atoms with E-state index in [0.29, 0.717) is 5.92 Å². The summed E-state index contributed by atoms with van der Waals surface area (Å²) in [6.45, 7) is 9.93. The standard InChI is InChI=1S/C17H29N3OS.HI/c1-4-18-16(20-13-17(3)8-6-9-21-17)19-12-14(2)11-15-7-5-10-22-15;/h5,7,10,14H,4,6,8-9,11-13H2,1-3H3,(H2,18,19,20);1H. The lowest BCUT2D eigenvalue weighted by Gasteiger charge is -2.22. The SMILES string of the molecule is CCNC(=NCC1(C)CCCO1)NCC(C)Cc1cccs1.I. The third-order valence-electron chi connectivity index (χ3n) is 3.96. The summed E-state index contributed by atoms with van der Waals surface area (Å²) in [5.74, 6) is 1.48. The van der Waals surface area contributed by atoms with Crippen molar-refractivity contribution in [2.75, 3.05) is 26.2 Å². The van der Waals surface area contributed by atoms with E-state index in [4.69, 9.17) is 9.73 Å². The summed E-state index contributed by atoms with van der Waals surface area (Å²) in [5, 5.41) is 8.93. The third-order valence-corrected chi connectivity index (χ3v) is 4.86. The first kappa shape index (κ1) is 20.7. The Kier molecular flexibility index (Phi) is 9.46. The monoisotopic (exact) mass is 451 g/mol. The van der Waals surface area contributed by atoms with Crippen molar-refractivity contribution in [1.29, 1.82) is 0 Å². The minimum absolute atomic E-state index is 0. The van der Waals surface area contributed by atoms with Crippen LogP contribution in [0.5, 0.6) is 0 Å². The van der Waals surface area contributed by atoms with Crippen LogP contribution in [-0.4, -0.2) is 37.8 Å². The molecule has 1 aromatic rings. The number of nitrogens with zero attached hydrogens (tertiary/aromatic N) is 1. The second kappa shape index (κ2) is 10.5. The summed E-state index contributed by atoms with van der Waals surface area (Å²) in [7, 11) is 0. The van der Waals surface area contributed by atoms with E-state index in [1.165, 1.54) is 4.88 Å². The molecule has 2 N–H and O–H groups in total. The molecule has 1 aliphatic heterocycles. The molecule has 1 aromatic heterocycles. The average Bonchev–Trinajstić information content (AvgIpc) is 3.14. The van der Waals surface area contributed by atoms with E-state index < -0.39 is 0 Å². The molecule has 1 saturated heterocycles. The van der Waals surface area contributed by atoms with Crippen molar-refractivity contribution in [3.63, 3.8) is 0 Å². The fourth-order valence-corrected chi connectivity index (χ4v) is 3.53. The Hall–Kier alpha value is -0.340. The van der Waals surface area contributed by atoms with Crippen LogP contribution in [0.4, 0.5) is 0 Å². The quantitative estimate of drug-likeness (QED) is 0.378. The van der Waals surface area contributed by atoms with Crippen LogP contribution in [0, 0.1) is 5.92 Å². The Morgan fingerprint density at radius 1 is 1.48 bits per heavy atom. The second-order valence-electron chi connectivity index (χ2n) is 6.37. The van der Waals surface area contributed by atoms with E-state index in [-0.39, 0.29) is 29.6 Å². The first-order valence-electron chi connectivity index (χ1n) is 8.30. The predicted octanol–water partition coefficient (Wildman–Crippen LogP) is 3.67. The number of ether oxygens (including phenoxy) is 1. The van der Waals surface area contributed by atoms with Crippen LogP contribution in [-0.2, 0) is 11.2 Å². The smallest absolute Gasteiger partial charge is 0.191 e. The maximum atomic E-state index is 5.80. The molecular weight excluding hydrogens is 421 g/mol. The Labute approximate surface area is 161 Å². The summed E-state index contributed by atoms with van der Waals surface area (Å²) in [5.41, 5.74) is -0.0784. The van der Waals surface area contributed by atoms with Crippen LogP contribution in [0.1, 0.15) is 38.5 Å². The lowest BCUT2D eigenvalue weighted by atomic mass is 10.0. The van der Waals surface area contributed by atoms with Gasteiger partial charge in [-0.3, -0.25) is 4.99 Å². The molecule has 2 heterocycles. The van der Waals surface area contributed by atoms with Crippen molar-refractivity contribution in [3.8, 4) is 0 Å². The maximum absolute atomic E-state index is 5.80. The molecule has 0 amide bonds. The Bertz CT molecular complexity index is 458. The highest BCUT2D eigenvalue weighted by molar-refractivity contribution is 14.0. The van der Waals surface area contributed by atoms with E-state index in [9.17, 15) is 0 Å². The van der Waals surface area contributed by atoms with E-state index in [2.05, 4.69) is 48.9 Å². The number of hydrogen-bond donors (Lipinski definition) is 2. The number of nitrogens with one attached hydrogen (secondary N) is 2. The fraction of sp³-hybridized carbons (Fsp3) is 0.706. The van der Waals surface area contributed by atoms with Crippen molar-refractivity contribution in [2.24, 2.45) is 10.9 Å². The third kappa shape index (κ3) is 7.39. The zero-order chi connectivity index (χ0) is 15.8. The Balaban J connectivity index is 0.00000264. The Morgan fingerprint density at radius 3 is 2.91 bits per heavy atom. The number of rotatable bonds is 7. The van der Waals surface area contributed by atoms with E-state index >= 15 is 0 Å². The van der Waals surface area contributed by atoms with Gasteiger partial charge in [0.25, 0.3) is 0 Å². The van der Waals surface area contributed by atoms with E-state index in [0.717, 1.165) is 51.5 Å². The molecule has 23 heavy (non-hydrogen) atoms. The van der Waals surface area contributed by atoms with Crippen molar-refractivity contribution in [3.05, 3.63) is 22.4 Å². The van der Waals surface area contributed by atoms with Gasteiger partial charge in [-0.1, -0.05) is 13.0 Å². The van der Waals surface area contributed by atoms with Crippen molar-refractivity contribution < 1.29 is 4.74 Å². The largest absolute Gasteiger partial charge is 0.373 e. The molecule has 132 valence electrons. The highest BCUT2D eigenvalue weighted by Gasteiger charge is 2.29. The minimum Gasteiger partial charge on any atom is -0.373 e. The van der Waals surface area contributed by atoms with Crippen molar-refractivity contribution in [1.82, 2.24) is 10.6 Å². The van der Waals surface area contributed by atoms with Crippen LogP contribution in [0.25, 0.3) is 0 Å². The van der Waals surface area contributed by atoms with Gasteiger partial charge in [-0.15, -0.1) is 35.3 Å². The fourth-order valence-electron chi connectivity index (χ4n) is 2.66. The summed E-state index contributed by atoms with van der Waals surface area (Å²) in [6, 6.07) is 4.33. The number of thiophene rings is 1. The van der Waals surface area contributed by atoms with Gasteiger partial charge in [0.1, 0.15) is 0 Å². The number of hydrogen-bond acceptors (Lipinski definition) is 3. The summed E-state index contributed by atoms with van der Waals surface area (Å²) < 4.78 is 5.80. The molecule has 6 heteroatoms. The molecule has 1 aliphatic rings. The van der Waals surface area contributed by atoms with Gasteiger partial charge in [0.2, 0.25) is 0 Å². The highest BCUT2D eigenvalue weighted by atomic mass is 127. The molecule has 0 radical (unpaired) electrons. The summed E-state index contributed by atoms with van der Waals surface area (Å²) >= 11 is 1.83. The van der Waals surface area contributed by atoms with Gasteiger partial charge in [0, 0.05) is 24.6 Å². The number of guanidine groups is 1. The van der Waals surface area contributed by atoms with Gasteiger partial charge in [-0.25, -0.2) is 0 Å². The van der Waals surface area contributed by atoms with E-state index in [1.807, 2.05) is 11.3 Å². The molecular formula is C17H30IN3OS. The molecule has 2 rings (SSSR count). The van der Waals surface area contributed by atoms with Crippen LogP contribution >= 0.6 is 35.3 Å². The van der Waals surface area contributed by atoms with Gasteiger partial charge in [0.05, 0.1) is 12.1 Å². The number of halogens is 1. The van der Waals surface area contributed by atoms with Gasteiger partial charge in [0.15, 0.2) is 5.96 Å². The zero-order valence-electron chi connectivity index (χ0n) is 14.4. The van der Waals surface area contributed by atoms with Gasteiger partial charge < -0.3 is 15.4 Å². The molecule has 0 saturated carbocycles. The lowest BCUT2D eigenvalue weighted by molar-refractivity contribution is 0.0283. The zero-order valence-corrected chi connectivity index (χ0v) is 17.6. The van der Waals surface area contributed by atoms with Crippen molar-refractivity contribution in [2.45, 2.75) is 45.6 Å². The average molecular weight is 451 g/mol. The minimum atomic E-state index is -0.0784. The summed E-state index contributed by atoms with van der Waals surface area (Å²) in [4.78, 5) is 6.16. The molecule has 0 aliphatic carbocycles. The Morgan fingerprint density at radius 2 is 2.30 bits per heavy atom. The van der Waals surface area contributed by atoms with E-state index in [1.54, 1.807) is 0 Å². The predicted molar refractivity (Wildman–Crippen MR) is 110 cm³/mol. The van der Waals surface area contributed by atoms with Gasteiger partial charge in [-0.2, -0.15) is 0 Å². The normalized spacial score (nSPS) is 22.5. The molecule has 2 atom stereocenters. The van der Waals surface area contributed by atoms with Crippen LogP contribution < -0.4 is 10.6 Å². The molecule has 0 spiro atoms. The molecule has 4 nitrogen and oxygen atoms in total. The van der Waals surface area contributed by atoms with Crippen molar-refractivity contribution >= 4 is 41.3 Å². The topological polar surface area (TPSA) is 45.7 Å². The second-order valence-corrected chi connectivity index (χ2v) is 7.40. The van der Waals surface area contributed by atoms with Crippen LogP contribution in [0.3, 0.4) is 0 Å². The number of aliphatic imine (C=N–C) groups is 1. The lowest BCUT2D eigenvalue weighted by Crippen LogP contribution is -2.41. The molecule has 0 bridgehead atoms. The summed E-state index contributed by atoms with van der Waals surface area (Å²) in [6.07, 6.45) is 3.36.